The Morgan fingerprint density at radius 2 is 1.50 bits per heavy atom. The van der Waals surface area contributed by atoms with Gasteiger partial charge in [-0.2, -0.15) is 0 Å². The van der Waals surface area contributed by atoms with Gasteiger partial charge in [0.25, 0.3) is 0 Å². The van der Waals surface area contributed by atoms with Crippen LogP contribution in [0.25, 0.3) is 17.1 Å². The van der Waals surface area contributed by atoms with Crippen molar-refractivity contribution in [3.8, 4) is 17.1 Å². The molecule has 0 saturated heterocycles. The Kier molecular flexibility index (Phi) is 3.48. The van der Waals surface area contributed by atoms with Crippen molar-refractivity contribution in [1.29, 1.82) is 0 Å². The Bertz CT molecular complexity index is 633. The minimum atomic E-state index is 0.977. The maximum Gasteiger partial charge on any atom is 0.350 e. The molecular formula is C16H16N3S+. The first-order chi connectivity index (χ1) is 9.75. The van der Waals surface area contributed by atoms with Gasteiger partial charge >= 0.3 is 11.0 Å². The molecule has 1 aromatic heterocycles. The molecule has 0 spiro atoms. The van der Waals surface area contributed by atoms with Crippen LogP contribution in [0, 0.1) is 0 Å². The average molecular weight is 282 g/mol. The highest BCUT2D eigenvalue weighted by Gasteiger charge is 2.24. The highest BCUT2D eigenvalue weighted by Crippen LogP contribution is 2.22. The molecule has 3 nitrogen and oxygen atoms in total. The molecule has 3 aromatic rings. The van der Waals surface area contributed by atoms with Gasteiger partial charge in [-0.3, -0.25) is 0 Å². The lowest BCUT2D eigenvalue weighted by molar-refractivity contribution is -0.509. The zero-order valence-corrected chi connectivity index (χ0v) is 12.3. The third-order valence-corrected chi connectivity index (χ3v) is 4.16. The molecule has 0 radical (unpaired) electrons. The van der Waals surface area contributed by atoms with E-state index < -0.39 is 0 Å². The minimum absolute atomic E-state index is 0.977. The number of nitrogens with zero attached hydrogens (tertiary/aromatic N) is 3. The monoisotopic (exact) mass is 282 g/mol. The fraction of sp³-hybridized carbons (Fsp3) is 0.125. The third-order valence-electron chi connectivity index (χ3n) is 2.97. The molecule has 0 aliphatic carbocycles. The van der Waals surface area contributed by atoms with E-state index in [9.17, 15) is 0 Å². The van der Waals surface area contributed by atoms with Crippen molar-refractivity contribution in [2.75, 3.05) is 19.0 Å². The zero-order chi connectivity index (χ0) is 13.9. The molecule has 0 saturated carbocycles. The van der Waals surface area contributed by atoms with Crippen LogP contribution in [-0.4, -0.2) is 19.1 Å². The Morgan fingerprint density at radius 3 is 2.10 bits per heavy atom. The van der Waals surface area contributed by atoms with Gasteiger partial charge in [-0.05, 0) is 29.2 Å². The van der Waals surface area contributed by atoms with Crippen LogP contribution in [0.15, 0.2) is 60.7 Å². The summed E-state index contributed by atoms with van der Waals surface area (Å²) in [6, 6.07) is 20.6. The molecular weight excluding hydrogens is 266 g/mol. The van der Waals surface area contributed by atoms with Gasteiger partial charge in [0.15, 0.2) is 0 Å². The normalized spacial score (nSPS) is 10.5. The summed E-state index contributed by atoms with van der Waals surface area (Å²) in [7, 11) is 4.03. The van der Waals surface area contributed by atoms with Crippen LogP contribution in [0.4, 0.5) is 5.13 Å². The third kappa shape index (κ3) is 2.42. The van der Waals surface area contributed by atoms with Crippen molar-refractivity contribution in [1.82, 2.24) is 4.98 Å². The van der Waals surface area contributed by atoms with E-state index in [-0.39, 0.29) is 0 Å². The van der Waals surface area contributed by atoms with E-state index in [1.807, 2.05) is 55.4 Å². The van der Waals surface area contributed by atoms with Crippen LogP contribution in [0.5, 0.6) is 0 Å². The number of aromatic nitrogens is 2. The Balaban J connectivity index is 2.18. The van der Waals surface area contributed by atoms with Crippen LogP contribution < -0.4 is 8.86 Å². The Morgan fingerprint density at radius 1 is 0.900 bits per heavy atom. The molecule has 0 N–H and O–H groups in total. The van der Waals surface area contributed by atoms with Crippen molar-refractivity contribution in [2.45, 2.75) is 0 Å². The Hall–Kier alpha value is -2.20. The zero-order valence-electron chi connectivity index (χ0n) is 11.5. The molecule has 3 rings (SSSR count). The summed E-state index contributed by atoms with van der Waals surface area (Å²) < 4.78 is 2.17. The molecule has 4 heteroatoms. The van der Waals surface area contributed by atoms with Gasteiger partial charge < -0.3 is 4.90 Å². The largest absolute Gasteiger partial charge is 0.350 e. The maximum atomic E-state index is 4.76. The summed E-state index contributed by atoms with van der Waals surface area (Å²) in [5.41, 5.74) is 2.26. The quantitative estimate of drug-likeness (QED) is 0.688. The van der Waals surface area contributed by atoms with Crippen LogP contribution in [0.1, 0.15) is 0 Å². The lowest BCUT2D eigenvalue weighted by Crippen LogP contribution is -2.27. The number of benzene rings is 2. The first-order valence-electron chi connectivity index (χ1n) is 6.47. The summed E-state index contributed by atoms with van der Waals surface area (Å²) in [5, 5.41) is 0.993. The summed E-state index contributed by atoms with van der Waals surface area (Å²) >= 11 is 1.65. The standard InChI is InChI=1S/C16H16N3S/c1-18(2)16-17-15(13-9-5-3-6-10-13)19(20-16)14-11-7-4-8-12-14/h3-12H,1-2H3/q+1. The number of hydrogen-bond acceptors (Lipinski definition) is 3. The van der Waals surface area contributed by atoms with Crippen LogP contribution in [0.3, 0.4) is 0 Å². The maximum absolute atomic E-state index is 4.76. The van der Waals surface area contributed by atoms with Gasteiger partial charge in [-0.25, -0.2) is 0 Å². The lowest BCUT2D eigenvalue weighted by Gasteiger charge is -1.99. The van der Waals surface area contributed by atoms with E-state index in [2.05, 4.69) is 28.2 Å². The summed E-state index contributed by atoms with van der Waals surface area (Å²) in [5.74, 6) is 0.977. The van der Waals surface area contributed by atoms with E-state index in [0.29, 0.717) is 0 Å². The van der Waals surface area contributed by atoms with E-state index in [0.717, 1.165) is 22.2 Å². The van der Waals surface area contributed by atoms with E-state index in [4.69, 9.17) is 4.98 Å². The first-order valence-corrected chi connectivity index (χ1v) is 7.24. The molecule has 0 fully saturated rings. The van der Waals surface area contributed by atoms with Gasteiger partial charge in [-0.1, -0.05) is 36.4 Å². The molecule has 1 heterocycles. The highest BCUT2D eigenvalue weighted by atomic mass is 32.1. The molecule has 0 aliphatic heterocycles. The van der Waals surface area contributed by atoms with Gasteiger partial charge in [-0.15, -0.1) is 3.96 Å². The van der Waals surface area contributed by atoms with Crippen molar-refractivity contribution in [2.24, 2.45) is 0 Å². The second-order valence-electron chi connectivity index (χ2n) is 4.70. The van der Waals surface area contributed by atoms with Crippen molar-refractivity contribution in [3.05, 3.63) is 60.7 Å². The van der Waals surface area contributed by atoms with Crippen molar-refractivity contribution < 1.29 is 3.96 Å². The number of hydrogen-bond donors (Lipinski definition) is 0. The van der Waals surface area contributed by atoms with Crippen molar-refractivity contribution in [3.63, 3.8) is 0 Å². The lowest BCUT2D eigenvalue weighted by atomic mass is 10.2. The second-order valence-corrected chi connectivity index (χ2v) is 5.61. The minimum Gasteiger partial charge on any atom is -0.331 e. The molecule has 2 aromatic carbocycles. The molecule has 0 aliphatic rings. The number of anilines is 1. The van der Waals surface area contributed by atoms with Gasteiger partial charge in [0.2, 0.25) is 0 Å². The van der Waals surface area contributed by atoms with Crippen LogP contribution >= 0.6 is 11.5 Å². The summed E-state index contributed by atoms with van der Waals surface area (Å²) in [6.45, 7) is 0. The fourth-order valence-electron chi connectivity index (χ4n) is 1.97. The molecule has 0 atom stereocenters. The molecule has 100 valence electrons. The second kappa shape index (κ2) is 5.43. The van der Waals surface area contributed by atoms with E-state index >= 15 is 0 Å². The molecule has 0 unspecified atom stereocenters. The highest BCUT2D eigenvalue weighted by molar-refractivity contribution is 7.06. The first kappa shape index (κ1) is 12.8. The molecule has 20 heavy (non-hydrogen) atoms. The van der Waals surface area contributed by atoms with Gasteiger partial charge in [0, 0.05) is 14.1 Å². The average Bonchev–Trinajstić information content (AvgIpc) is 2.94. The molecule has 0 bridgehead atoms. The molecule has 0 amide bonds. The SMILES string of the molecule is CN(C)c1nc(-c2ccccc2)[n+](-c2ccccc2)s1. The predicted octanol–water partition coefficient (Wildman–Crippen LogP) is 3.15. The van der Waals surface area contributed by atoms with Crippen LogP contribution in [-0.2, 0) is 0 Å². The smallest absolute Gasteiger partial charge is 0.331 e. The number of para-hydroxylation sites is 1. The van der Waals surface area contributed by atoms with Crippen LogP contribution in [0.2, 0.25) is 0 Å². The topological polar surface area (TPSA) is 20.0 Å². The van der Waals surface area contributed by atoms with Crippen molar-refractivity contribution >= 4 is 16.7 Å². The predicted molar refractivity (Wildman–Crippen MR) is 83.4 cm³/mol. The summed E-state index contributed by atoms with van der Waals surface area (Å²) in [6.07, 6.45) is 0. The Labute approximate surface area is 122 Å². The number of rotatable bonds is 3. The van der Waals surface area contributed by atoms with E-state index in [1.54, 1.807) is 11.5 Å². The van der Waals surface area contributed by atoms with E-state index in [1.165, 1.54) is 0 Å². The van der Waals surface area contributed by atoms with Gasteiger partial charge in [0.05, 0.1) is 5.56 Å². The summed E-state index contributed by atoms with van der Waals surface area (Å²) in [4.78, 5) is 6.80. The van der Waals surface area contributed by atoms with Gasteiger partial charge in [0.1, 0.15) is 17.2 Å². The fourth-order valence-corrected chi connectivity index (χ4v) is 2.88.